The van der Waals surface area contributed by atoms with Gasteiger partial charge in [0, 0.05) is 11.1 Å². The highest BCUT2D eigenvalue weighted by Gasteiger charge is 2.39. The van der Waals surface area contributed by atoms with Crippen LogP contribution in [0.15, 0.2) is 24.3 Å². The fourth-order valence-corrected chi connectivity index (χ4v) is 2.68. The van der Waals surface area contributed by atoms with Gasteiger partial charge >= 0.3 is 0 Å². The Labute approximate surface area is 108 Å². The number of benzene rings is 1. The number of nitrogens with zero attached hydrogens (tertiary/aromatic N) is 1. The van der Waals surface area contributed by atoms with Crippen molar-refractivity contribution in [2.75, 3.05) is 5.32 Å². The zero-order valence-corrected chi connectivity index (χ0v) is 10.7. The minimum absolute atomic E-state index is 0.132. The van der Waals surface area contributed by atoms with Gasteiger partial charge < -0.3 is 5.32 Å². The topological polar surface area (TPSA) is 52.9 Å². The summed E-state index contributed by atoms with van der Waals surface area (Å²) < 4.78 is 0. The third kappa shape index (κ3) is 2.38. The van der Waals surface area contributed by atoms with Gasteiger partial charge in [0.1, 0.15) is 0 Å². The van der Waals surface area contributed by atoms with E-state index in [1.54, 1.807) is 24.3 Å². The molecular weight excluding hydrogens is 224 g/mol. The van der Waals surface area contributed by atoms with Crippen LogP contribution in [0.4, 0.5) is 5.69 Å². The molecule has 0 aromatic heterocycles. The second-order valence-electron chi connectivity index (χ2n) is 4.98. The van der Waals surface area contributed by atoms with Crippen LogP contribution in [0.5, 0.6) is 0 Å². The van der Waals surface area contributed by atoms with Gasteiger partial charge in [0.05, 0.1) is 11.6 Å². The van der Waals surface area contributed by atoms with Gasteiger partial charge in [0.25, 0.3) is 0 Å². The molecular formula is C15H18N2O. The van der Waals surface area contributed by atoms with Crippen molar-refractivity contribution in [3.63, 3.8) is 0 Å². The molecule has 1 N–H and O–H groups in total. The lowest BCUT2D eigenvalue weighted by molar-refractivity contribution is -0.125. The van der Waals surface area contributed by atoms with Crippen molar-refractivity contribution in [3.05, 3.63) is 29.8 Å². The quantitative estimate of drug-likeness (QED) is 0.882. The van der Waals surface area contributed by atoms with Crippen molar-refractivity contribution in [2.24, 2.45) is 5.41 Å². The van der Waals surface area contributed by atoms with E-state index in [0.717, 1.165) is 37.8 Å². The molecule has 2 rings (SSSR count). The highest BCUT2D eigenvalue weighted by Crippen LogP contribution is 2.41. The molecule has 1 saturated carbocycles. The molecule has 18 heavy (non-hydrogen) atoms. The lowest BCUT2D eigenvalue weighted by Crippen LogP contribution is -2.33. The summed E-state index contributed by atoms with van der Waals surface area (Å²) in [5.41, 5.74) is 1.21. The molecule has 1 amide bonds. The number of carbonyl (C=O) groups excluding carboxylic acids is 1. The standard InChI is InChI=1S/C15H18N2O/c1-2-15(9-3-4-10-15)14(18)17-13-7-5-12(11-16)6-8-13/h5-8H,2-4,9-10H2,1H3,(H,17,18). The van der Waals surface area contributed by atoms with Gasteiger partial charge in [-0.15, -0.1) is 0 Å². The van der Waals surface area contributed by atoms with E-state index < -0.39 is 0 Å². The summed E-state index contributed by atoms with van der Waals surface area (Å²) in [6.45, 7) is 2.09. The minimum atomic E-state index is -0.173. The Hall–Kier alpha value is -1.82. The summed E-state index contributed by atoms with van der Waals surface area (Å²) in [5.74, 6) is 0.132. The molecule has 0 unspecified atom stereocenters. The number of nitriles is 1. The van der Waals surface area contributed by atoms with Crippen molar-refractivity contribution in [2.45, 2.75) is 39.0 Å². The molecule has 1 aromatic rings. The molecule has 1 fully saturated rings. The molecule has 0 heterocycles. The van der Waals surface area contributed by atoms with Crippen LogP contribution in [0.2, 0.25) is 0 Å². The van der Waals surface area contributed by atoms with Crippen LogP contribution in [0.25, 0.3) is 0 Å². The van der Waals surface area contributed by atoms with Crippen molar-refractivity contribution in [1.29, 1.82) is 5.26 Å². The zero-order chi connectivity index (χ0) is 13.0. The van der Waals surface area contributed by atoms with Gasteiger partial charge in [-0.1, -0.05) is 19.8 Å². The maximum Gasteiger partial charge on any atom is 0.230 e. The number of hydrogen-bond donors (Lipinski definition) is 1. The molecule has 0 spiro atoms. The Bertz CT molecular complexity index is 464. The lowest BCUT2D eigenvalue weighted by Gasteiger charge is -2.25. The molecule has 0 aliphatic heterocycles. The summed E-state index contributed by atoms with van der Waals surface area (Å²) in [5, 5.41) is 11.7. The highest BCUT2D eigenvalue weighted by molar-refractivity contribution is 5.95. The van der Waals surface area contributed by atoms with Crippen LogP contribution < -0.4 is 5.32 Å². The Morgan fingerprint density at radius 1 is 1.33 bits per heavy atom. The second kappa shape index (κ2) is 5.22. The first kappa shape index (κ1) is 12.6. The second-order valence-corrected chi connectivity index (χ2v) is 4.98. The van der Waals surface area contributed by atoms with Gasteiger partial charge in [-0.25, -0.2) is 0 Å². The Morgan fingerprint density at radius 2 is 1.94 bits per heavy atom. The first-order valence-electron chi connectivity index (χ1n) is 6.52. The Balaban J connectivity index is 2.08. The van der Waals surface area contributed by atoms with Crippen molar-refractivity contribution in [1.82, 2.24) is 0 Å². The summed E-state index contributed by atoms with van der Waals surface area (Å²) in [6, 6.07) is 9.09. The van der Waals surface area contributed by atoms with E-state index in [0.29, 0.717) is 5.56 Å². The van der Waals surface area contributed by atoms with Gasteiger partial charge in [-0.05, 0) is 43.5 Å². The number of rotatable bonds is 3. The predicted molar refractivity (Wildman–Crippen MR) is 71.0 cm³/mol. The van der Waals surface area contributed by atoms with Crippen LogP contribution in [0.1, 0.15) is 44.6 Å². The van der Waals surface area contributed by atoms with E-state index in [1.807, 2.05) is 0 Å². The minimum Gasteiger partial charge on any atom is -0.326 e. The normalized spacial score (nSPS) is 17.1. The summed E-state index contributed by atoms with van der Waals surface area (Å²) >= 11 is 0. The van der Waals surface area contributed by atoms with Gasteiger partial charge in [-0.3, -0.25) is 4.79 Å². The summed E-state index contributed by atoms with van der Waals surface area (Å²) in [7, 11) is 0. The van der Waals surface area contributed by atoms with E-state index in [2.05, 4.69) is 18.3 Å². The molecule has 3 heteroatoms. The molecule has 1 aliphatic carbocycles. The maximum absolute atomic E-state index is 12.3. The fraction of sp³-hybridized carbons (Fsp3) is 0.467. The molecule has 1 aliphatic rings. The average molecular weight is 242 g/mol. The van der Waals surface area contributed by atoms with Gasteiger partial charge in [-0.2, -0.15) is 5.26 Å². The molecule has 1 aromatic carbocycles. The number of carbonyl (C=O) groups is 1. The number of amides is 1. The van der Waals surface area contributed by atoms with E-state index in [4.69, 9.17) is 5.26 Å². The van der Waals surface area contributed by atoms with Gasteiger partial charge in [0.2, 0.25) is 5.91 Å². The van der Waals surface area contributed by atoms with Crippen molar-refractivity contribution < 1.29 is 4.79 Å². The number of anilines is 1. The maximum atomic E-state index is 12.3. The average Bonchev–Trinajstić information content (AvgIpc) is 2.89. The molecule has 0 atom stereocenters. The highest BCUT2D eigenvalue weighted by atomic mass is 16.2. The first-order valence-corrected chi connectivity index (χ1v) is 6.52. The van der Waals surface area contributed by atoms with E-state index >= 15 is 0 Å². The molecule has 94 valence electrons. The monoisotopic (exact) mass is 242 g/mol. The van der Waals surface area contributed by atoms with E-state index in [9.17, 15) is 4.79 Å². The van der Waals surface area contributed by atoms with Gasteiger partial charge in [0.15, 0.2) is 0 Å². The smallest absolute Gasteiger partial charge is 0.230 e. The zero-order valence-electron chi connectivity index (χ0n) is 10.7. The number of hydrogen-bond acceptors (Lipinski definition) is 2. The van der Waals surface area contributed by atoms with Crippen LogP contribution >= 0.6 is 0 Å². The Morgan fingerprint density at radius 3 is 2.44 bits per heavy atom. The molecule has 0 radical (unpaired) electrons. The summed E-state index contributed by atoms with van der Waals surface area (Å²) in [6.07, 6.45) is 5.18. The van der Waals surface area contributed by atoms with Crippen LogP contribution in [0.3, 0.4) is 0 Å². The van der Waals surface area contributed by atoms with Crippen LogP contribution in [-0.2, 0) is 4.79 Å². The van der Waals surface area contributed by atoms with E-state index in [1.165, 1.54) is 0 Å². The van der Waals surface area contributed by atoms with Crippen LogP contribution in [-0.4, -0.2) is 5.91 Å². The number of nitrogens with one attached hydrogen (secondary N) is 1. The Kier molecular flexibility index (Phi) is 3.66. The molecule has 3 nitrogen and oxygen atoms in total. The molecule has 0 saturated heterocycles. The SMILES string of the molecule is CCC1(C(=O)Nc2ccc(C#N)cc2)CCCC1. The third-order valence-corrected chi connectivity index (χ3v) is 3.99. The molecule has 0 bridgehead atoms. The summed E-state index contributed by atoms with van der Waals surface area (Å²) in [4.78, 5) is 12.3. The first-order chi connectivity index (χ1) is 8.70. The van der Waals surface area contributed by atoms with Crippen LogP contribution in [0, 0.1) is 16.7 Å². The fourth-order valence-electron chi connectivity index (χ4n) is 2.68. The largest absolute Gasteiger partial charge is 0.326 e. The van der Waals surface area contributed by atoms with Crippen molar-refractivity contribution >= 4 is 11.6 Å². The lowest BCUT2D eigenvalue weighted by atomic mass is 9.82. The van der Waals surface area contributed by atoms with Crippen molar-refractivity contribution in [3.8, 4) is 6.07 Å². The third-order valence-electron chi connectivity index (χ3n) is 3.99. The van der Waals surface area contributed by atoms with E-state index in [-0.39, 0.29) is 11.3 Å². The predicted octanol–water partition coefficient (Wildman–Crippen LogP) is 3.47.